The summed E-state index contributed by atoms with van der Waals surface area (Å²) in [6.07, 6.45) is 1.06. The van der Waals surface area contributed by atoms with Gasteiger partial charge in [-0.1, -0.05) is 36.8 Å². The van der Waals surface area contributed by atoms with Gasteiger partial charge in [0.15, 0.2) is 0 Å². The summed E-state index contributed by atoms with van der Waals surface area (Å²) in [7, 11) is 0. The van der Waals surface area contributed by atoms with Crippen LogP contribution in [0.15, 0.2) is 48.5 Å². The molecule has 0 aliphatic carbocycles. The Hall–Kier alpha value is -1.76. The second kappa shape index (κ2) is 4.84. The van der Waals surface area contributed by atoms with E-state index < -0.39 is 0 Å². The summed E-state index contributed by atoms with van der Waals surface area (Å²) in [5.74, 6) is 1.77. The van der Waals surface area contributed by atoms with Crippen molar-refractivity contribution in [3.8, 4) is 11.5 Å². The van der Waals surface area contributed by atoms with Crippen LogP contribution in [0.1, 0.15) is 18.1 Å². The van der Waals surface area contributed by atoms with Crippen LogP contribution in [0.25, 0.3) is 0 Å². The highest BCUT2D eigenvalue weighted by Crippen LogP contribution is 2.21. The molecule has 0 saturated heterocycles. The van der Waals surface area contributed by atoms with E-state index in [1.165, 1.54) is 11.1 Å². The van der Waals surface area contributed by atoms with Gasteiger partial charge >= 0.3 is 0 Å². The van der Waals surface area contributed by atoms with Crippen molar-refractivity contribution in [1.29, 1.82) is 0 Å². The minimum Gasteiger partial charge on any atom is -0.457 e. The van der Waals surface area contributed by atoms with Gasteiger partial charge in [0.05, 0.1) is 0 Å². The van der Waals surface area contributed by atoms with Crippen molar-refractivity contribution in [1.82, 2.24) is 0 Å². The number of benzene rings is 2. The topological polar surface area (TPSA) is 9.23 Å². The van der Waals surface area contributed by atoms with E-state index in [2.05, 4.69) is 38.1 Å². The first-order valence-electron chi connectivity index (χ1n) is 5.61. The number of hydrogen-bond acceptors (Lipinski definition) is 1. The van der Waals surface area contributed by atoms with Crippen LogP contribution in [0.5, 0.6) is 11.5 Å². The van der Waals surface area contributed by atoms with Crippen LogP contribution in [0.4, 0.5) is 0 Å². The van der Waals surface area contributed by atoms with E-state index in [0.717, 1.165) is 17.9 Å². The number of aryl methyl sites for hydroxylation is 2. The third-order valence-corrected chi connectivity index (χ3v) is 2.59. The molecule has 0 radical (unpaired) electrons. The van der Waals surface area contributed by atoms with Gasteiger partial charge in [-0.3, -0.25) is 0 Å². The summed E-state index contributed by atoms with van der Waals surface area (Å²) in [5.41, 5.74) is 2.57. The molecule has 0 aromatic heterocycles. The maximum absolute atomic E-state index is 5.73. The molecular weight excluding hydrogens is 196 g/mol. The standard InChI is InChI=1S/C15H16O/c1-3-13-6-10-15(11-7-13)16-14-8-4-12(2)5-9-14/h4-11H,3H2,1-2H3. The average Bonchev–Trinajstić information content (AvgIpc) is 2.33. The van der Waals surface area contributed by atoms with E-state index in [9.17, 15) is 0 Å². The summed E-state index contributed by atoms with van der Waals surface area (Å²) < 4.78 is 5.73. The second-order valence-corrected chi connectivity index (χ2v) is 3.91. The van der Waals surface area contributed by atoms with Crippen molar-refractivity contribution >= 4 is 0 Å². The highest BCUT2D eigenvalue weighted by molar-refractivity contribution is 5.34. The molecule has 0 spiro atoms. The highest BCUT2D eigenvalue weighted by Gasteiger charge is 1.96. The van der Waals surface area contributed by atoms with Gasteiger partial charge in [-0.15, -0.1) is 0 Å². The smallest absolute Gasteiger partial charge is 0.127 e. The molecule has 2 aromatic carbocycles. The minimum atomic E-state index is 0.884. The lowest BCUT2D eigenvalue weighted by Gasteiger charge is -2.06. The Morgan fingerprint density at radius 3 is 1.81 bits per heavy atom. The van der Waals surface area contributed by atoms with E-state index in [1.54, 1.807) is 0 Å². The average molecular weight is 212 g/mol. The molecule has 0 atom stereocenters. The normalized spacial score (nSPS) is 10.1. The molecule has 0 unspecified atom stereocenters. The largest absolute Gasteiger partial charge is 0.457 e. The molecule has 0 fully saturated rings. The van der Waals surface area contributed by atoms with Crippen LogP contribution in [0.3, 0.4) is 0 Å². The molecule has 0 aliphatic heterocycles. The molecule has 2 aromatic rings. The molecule has 0 amide bonds. The minimum absolute atomic E-state index is 0.884. The first kappa shape index (κ1) is 10.7. The van der Waals surface area contributed by atoms with E-state index >= 15 is 0 Å². The summed E-state index contributed by atoms with van der Waals surface area (Å²) in [6.45, 7) is 4.22. The van der Waals surface area contributed by atoms with Gasteiger partial charge in [0.1, 0.15) is 11.5 Å². The fourth-order valence-electron chi connectivity index (χ4n) is 1.54. The fourth-order valence-corrected chi connectivity index (χ4v) is 1.54. The summed E-state index contributed by atoms with van der Waals surface area (Å²) in [5, 5.41) is 0. The molecule has 1 heteroatoms. The van der Waals surface area contributed by atoms with Crippen LogP contribution >= 0.6 is 0 Å². The molecule has 0 N–H and O–H groups in total. The summed E-state index contributed by atoms with van der Waals surface area (Å²) in [4.78, 5) is 0. The molecule has 16 heavy (non-hydrogen) atoms. The molecular formula is C15H16O. The van der Waals surface area contributed by atoms with Gasteiger partial charge in [-0.25, -0.2) is 0 Å². The number of ether oxygens (including phenoxy) is 1. The molecule has 0 heterocycles. The Bertz CT molecular complexity index is 440. The van der Waals surface area contributed by atoms with E-state index in [4.69, 9.17) is 4.74 Å². The maximum Gasteiger partial charge on any atom is 0.127 e. The van der Waals surface area contributed by atoms with Gasteiger partial charge in [-0.05, 0) is 43.2 Å². The lowest BCUT2D eigenvalue weighted by molar-refractivity contribution is 0.482. The Morgan fingerprint density at radius 1 is 0.812 bits per heavy atom. The number of hydrogen-bond donors (Lipinski definition) is 0. The Balaban J connectivity index is 2.11. The quantitative estimate of drug-likeness (QED) is 0.735. The molecule has 0 bridgehead atoms. The third kappa shape index (κ3) is 2.63. The summed E-state index contributed by atoms with van der Waals surface area (Å²) in [6, 6.07) is 16.3. The highest BCUT2D eigenvalue weighted by atomic mass is 16.5. The van der Waals surface area contributed by atoms with Crippen molar-refractivity contribution in [3.05, 3.63) is 59.7 Å². The maximum atomic E-state index is 5.73. The zero-order valence-electron chi connectivity index (χ0n) is 9.73. The van der Waals surface area contributed by atoms with Crippen LogP contribution in [-0.2, 0) is 6.42 Å². The Kier molecular flexibility index (Phi) is 3.25. The van der Waals surface area contributed by atoms with Crippen molar-refractivity contribution in [3.63, 3.8) is 0 Å². The van der Waals surface area contributed by atoms with Gasteiger partial charge in [0.2, 0.25) is 0 Å². The van der Waals surface area contributed by atoms with Gasteiger partial charge in [-0.2, -0.15) is 0 Å². The monoisotopic (exact) mass is 212 g/mol. The molecule has 0 saturated carbocycles. The fraction of sp³-hybridized carbons (Fsp3) is 0.200. The van der Waals surface area contributed by atoms with Crippen molar-refractivity contribution in [2.24, 2.45) is 0 Å². The second-order valence-electron chi connectivity index (χ2n) is 3.91. The predicted molar refractivity (Wildman–Crippen MR) is 67.1 cm³/mol. The zero-order chi connectivity index (χ0) is 11.4. The van der Waals surface area contributed by atoms with E-state index in [0.29, 0.717) is 0 Å². The zero-order valence-corrected chi connectivity index (χ0v) is 9.73. The lowest BCUT2D eigenvalue weighted by Crippen LogP contribution is -1.85. The van der Waals surface area contributed by atoms with Crippen molar-refractivity contribution < 1.29 is 4.74 Å². The predicted octanol–water partition coefficient (Wildman–Crippen LogP) is 4.35. The Morgan fingerprint density at radius 2 is 1.31 bits per heavy atom. The summed E-state index contributed by atoms with van der Waals surface area (Å²) >= 11 is 0. The van der Waals surface area contributed by atoms with Crippen LogP contribution in [-0.4, -0.2) is 0 Å². The molecule has 82 valence electrons. The first-order valence-corrected chi connectivity index (χ1v) is 5.61. The van der Waals surface area contributed by atoms with E-state index in [-0.39, 0.29) is 0 Å². The van der Waals surface area contributed by atoms with Crippen LogP contribution in [0, 0.1) is 6.92 Å². The third-order valence-electron chi connectivity index (χ3n) is 2.59. The molecule has 2 rings (SSSR count). The van der Waals surface area contributed by atoms with Crippen molar-refractivity contribution in [2.45, 2.75) is 20.3 Å². The molecule has 1 nitrogen and oxygen atoms in total. The molecule has 0 aliphatic rings. The van der Waals surface area contributed by atoms with Crippen LogP contribution in [0.2, 0.25) is 0 Å². The van der Waals surface area contributed by atoms with Gasteiger partial charge in [0, 0.05) is 0 Å². The van der Waals surface area contributed by atoms with Gasteiger partial charge < -0.3 is 4.74 Å². The first-order chi connectivity index (χ1) is 7.78. The Labute approximate surface area is 96.7 Å². The SMILES string of the molecule is CCc1ccc(Oc2ccc(C)cc2)cc1. The lowest BCUT2D eigenvalue weighted by atomic mass is 10.2. The van der Waals surface area contributed by atoms with E-state index in [1.807, 2.05) is 24.3 Å². The van der Waals surface area contributed by atoms with Gasteiger partial charge in [0.25, 0.3) is 0 Å². The number of rotatable bonds is 3. The van der Waals surface area contributed by atoms with Crippen molar-refractivity contribution in [2.75, 3.05) is 0 Å². The van der Waals surface area contributed by atoms with Crippen LogP contribution < -0.4 is 4.74 Å².